The van der Waals surface area contributed by atoms with Crippen LogP contribution in [-0.2, 0) is 10.1 Å². The number of rotatable bonds is 1. The number of fused-ring (bicyclic) bond motifs is 3. The lowest BCUT2D eigenvalue weighted by atomic mass is 10.1. The van der Waals surface area contributed by atoms with Crippen molar-refractivity contribution in [2.75, 3.05) is 0 Å². The zero-order valence-corrected chi connectivity index (χ0v) is 10.5. The monoisotopic (exact) mass is 282 g/mol. The van der Waals surface area contributed by atoms with E-state index in [-0.39, 0.29) is 9.92 Å². The van der Waals surface area contributed by atoms with E-state index in [1.165, 1.54) is 12.1 Å². The Kier molecular flexibility index (Phi) is 2.38. The minimum Gasteiger partial charge on any atom is -0.456 e. The largest absolute Gasteiger partial charge is 0.456 e. The Bertz CT molecular complexity index is 864. The Balaban J connectivity index is 2.55. The summed E-state index contributed by atoms with van der Waals surface area (Å²) in [6.07, 6.45) is 0. The van der Waals surface area contributed by atoms with Crippen LogP contribution in [0.25, 0.3) is 21.9 Å². The van der Waals surface area contributed by atoms with Gasteiger partial charge < -0.3 is 4.42 Å². The molecule has 0 amide bonds. The quantitative estimate of drug-likeness (QED) is 0.694. The molecule has 1 aromatic heterocycles. The third-order valence-electron chi connectivity index (χ3n) is 2.72. The maximum absolute atomic E-state index is 11.2. The van der Waals surface area contributed by atoms with Gasteiger partial charge in [0, 0.05) is 10.8 Å². The van der Waals surface area contributed by atoms with Gasteiger partial charge in [0.25, 0.3) is 10.1 Å². The zero-order valence-electron chi connectivity index (χ0n) is 8.92. The average molecular weight is 283 g/mol. The molecule has 0 unspecified atom stereocenters. The van der Waals surface area contributed by atoms with E-state index in [0.717, 1.165) is 0 Å². The van der Waals surface area contributed by atoms with Gasteiger partial charge in [0.1, 0.15) is 16.1 Å². The topological polar surface area (TPSA) is 67.5 Å². The van der Waals surface area contributed by atoms with Crippen molar-refractivity contribution in [3.05, 3.63) is 41.4 Å². The van der Waals surface area contributed by atoms with Crippen LogP contribution in [0.1, 0.15) is 0 Å². The molecule has 92 valence electrons. The van der Waals surface area contributed by atoms with Gasteiger partial charge in [-0.2, -0.15) is 8.42 Å². The van der Waals surface area contributed by atoms with Gasteiger partial charge in [-0.15, -0.1) is 0 Å². The zero-order chi connectivity index (χ0) is 12.9. The molecular formula is C12H7ClO4S. The van der Waals surface area contributed by atoms with Gasteiger partial charge in [0.2, 0.25) is 0 Å². The molecule has 18 heavy (non-hydrogen) atoms. The van der Waals surface area contributed by atoms with E-state index in [1.54, 1.807) is 18.2 Å². The molecule has 0 fully saturated rings. The highest BCUT2D eigenvalue weighted by molar-refractivity contribution is 7.86. The van der Waals surface area contributed by atoms with Crippen LogP contribution in [0.2, 0.25) is 5.02 Å². The molecule has 1 N–H and O–H groups in total. The average Bonchev–Trinajstić information content (AvgIpc) is 2.66. The fourth-order valence-corrected chi connectivity index (χ4v) is 3.07. The molecule has 0 aliphatic heterocycles. The molecule has 0 bridgehead atoms. The van der Waals surface area contributed by atoms with E-state index < -0.39 is 10.1 Å². The van der Waals surface area contributed by atoms with Crippen LogP contribution >= 0.6 is 11.6 Å². The van der Waals surface area contributed by atoms with Crippen molar-refractivity contribution in [2.24, 2.45) is 0 Å². The second-order valence-corrected chi connectivity index (χ2v) is 5.59. The van der Waals surface area contributed by atoms with Gasteiger partial charge in [-0.05, 0) is 18.2 Å². The van der Waals surface area contributed by atoms with Crippen LogP contribution in [0.15, 0.2) is 45.7 Å². The van der Waals surface area contributed by atoms with Gasteiger partial charge in [0.05, 0.1) is 5.02 Å². The lowest BCUT2D eigenvalue weighted by Gasteiger charge is -2.01. The summed E-state index contributed by atoms with van der Waals surface area (Å²) in [6, 6.07) is 9.85. The fraction of sp³-hybridized carbons (Fsp3) is 0. The van der Waals surface area contributed by atoms with E-state index in [2.05, 4.69) is 0 Å². The molecule has 0 saturated heterocycles. The third kappa shape index (κ3) is 1.59. The molecule has 0 saturated carbocycles. The molecular weight excluding hydrogens is 276 g/mol. The van der Waals surface area contributed by atoms with Crippen molar-refractivity contribution in [3.8, 4) is 0 Å². The summed E-state index contributed by atoms with van der Waals surface area (Å²) < 4.78 is 37.0. The molecule has 0 aliphatic carbocycles. The van der Waals surface area contributed by atoms with E-state index in [1.807, 2.05) is 6.07 Å². The summed E-state index contributed by atoms with van der Waals surface area (Å²) in [7, 11) is -4.35. The SMILES string of the molecule is O=S(=O)(O)c1ccc2oc3ccccc3c2c1Cl. The Morgan fingerprint density at radius 3 is 2.50 bits per heavy atom. The molecule has 6 heteroatoms. The molecule has 3 rings (SSSR count). The molecule has 4 nitrogen and oxygen atoms in total. The minimum atomic E-state index is -4.35. The molecule has 0 atom stereocenters. The second-order valence-electron chi connectivity index (χ2n) is 3.82. The van der Waals surface area contributed by atoms with Crippen LogP contribution in [0, 0.1) is 0 Å². The van der Waals surface area contributed by atoms with Crippen molar-refractivity contribution < 1.29 is 17.4 Å². The summed E-state index contributed by atoms with van der Waals surface area (Å²) in [5.74, 6) is 0. The predicted octanol–water partition coefficient (Wildman–Crippen LogP) is 3.49. The number of para-hydroxylation sites is 1. The fourth-order valence-electron chi connectivity index (χ4n) is 1.96. The summed E-state index contributed by atoms with van der Waals surface area (Å²) in [5, 5.41) is 1.17. The molecule has 3 aromatic rings. The first-order valence-corrected chi connectivity index (χ1v) is 6.87. The number of halogens is 1. The third-order valence-corrected chi connectivity index (χ3v) is 4.12. The summed E-state index contributed by atoms with van der Waals surface area (Å²) in [5.41, 5.74) is 1.09. The number of hydrogen-bond acceptors (Lipinski definition) is 3. The second kappa shape index (κ2) is 3.71. The Hall–Kier alpha value is -1.56. The standard InChI is InChI=1S/C12H7ClO4S/c13-12-10(18(14,15)16)6-5-9-11(12)7-3-1-2-4-8(7)17-9/h1-6H,(H,14,15,16). The van der Waals surface area contributed by atoms with Crippen LogP contribution in [-0.4, -0.2) is 13.0 Å². The lowest BCUT2D eigenvalue weighted by Crippen LogP contribution is -1.98. The Morgan fingerprint density at radius 2 is 1.78 bits per heavy atom. The summed E-state index contributed by atoms with van der Waals surface area (Å²) in [6.45, 7) is 0. The first-order chi connectivity index (χ1) is 8.48. The summed E-state index contributed by atoms with van der Waals surface area (Å²) in [4.78, 5) is -0.316. The smallest absolute Gasteiger partial charge is 0.296 e. The van der Waals surface area contributed by atoms with Crippen LogP contribution < -0.4 is 0 Å². The van der Waals surface area contributed by atoms with Crippen LogP contribution in [0.3, 0.4) is 0 Å². The first kappa shape index (κ1) is 11.5. The van der Waals surface area contributed by atoms with Gasteiger partial charge in [0.15, 0.2) is 0 Å². The predicted molar refractivity (Wildman–Crippen MR) is 68.5 cm³/mol. The van der Waals surface area contributed by atoms with Crippen molar-refractivity contribution >= 4 is 43.7 Å². The molecule has 0 aliphatic rings. The normalized spacial score (nSPS) is 12.3. The van der Waals surface area contributed by atoms with Crippen molar-refractivity contribution in [3.63, 3.8) is 0 Å². The van der Waals surface area contributed by atoms with E-state index in [4.69, 9.17) is 20.6 Å². The van der Waals surface area contributed by atoms with Gasteiger partial charge in [-0.25, -0.2) is 0 Å². The number of benzene rings is 2. The van der Waals surface area contributed by atoms with Crippen LogP contribution in [0.5, 0.6) is 0 Å². The first-order valence-electron chi connectivity index (χ1n) is 5.06. The van der Waals surface area contributed by atoms with Gasteiger partial charge >= 0.3 is 0 Å². The van der Waals surface area contributed by atoms with E-state index in [9.17, 15) is 8.42 Å². The Labute approximate surface area is 108 Å². The highest BCUT2D eigenvalue weighted by atomic mass is 35.5. The van der Waals surface area contributed by atoms with Crippen LogP contribution in [0.4, 0.5) is 0 Å². The Morgan fingerprint density at radius 1 is 1.06 bits per heavy atom. The number of furan rings is 1. The number of hydrogen-bond donors (Lipinski definition) is 1. The molecule has 0 radical (unpaired) electrons. The minimum absolute atomic E-state index is 0.0278. The molecule has 1 heterocycles. The van der Waals surface area contributed by atoms with Crippen molar-refractivity contribution in [1.82, 2.24) is 0 Å². The van der Waals surface area contributed by atoms with Gasteiger partial charge in [-0.1, -0.05) is 29.8 Å². The maximum Gasteiger partial charge on any atom is 0.296 e. The van der Waals surface area contributed by atoms with E-state index >= 15 is 0 Å². The maximum atomic E-state index is 11.2. The summed E-state index contributed by atoms with van der Waals surface area (Å²) >= 11 is 6.05. The molecule has 2 aromatic carbocycles. The van der Waals surface area contributed by atoms with Crippen molar-refractivity contribution in [1.29, 1.82) is 0 Å². The lowest BCUT2D eigenvalue weighted by molar-refractivity contribution is 0.483. The van der Waals surface area contributed by atoms with E-state index in [0.29, 0.717) is 21.9 Å². The molecule has 0 spiro atoms. The highest BCUT2D eigenvalue weighted by Crippen LogP contribution is 2.37. The van der Waals surface area contributed by atoms with Crippen molar-refractivity contribution in [2.45, 2.75) is 4.90 Å². The van der Waals surface area contributed by atoms with Gasteiger partial charge in [-0.3, -0.25) is 4.55 Å². The highest BCUT2D eigenvalue weighted by Gasteiger charge is 2.19.